The van der Waals surface area contributed by atoms with Gasteiger partial charge in [-0.2, -0.15) is 5.10 Å². The fourth-order valence-corrected chi connectivity index (χ4v) is 2.78. The van der Waals surface area contributed by atoms with Crippen molar-refractivity contribution in [1.29, 1.82) is 0 Å². The van der Waals surface area contributed by atoms with E-state index in [9.17, 15) is 0 Å². The van der Waals surface area contributed by atoms with Crippen molar-refractivity contribution in [1.82, 2.24) is 19.7 Å². The van der Waals surface area contributed by atoms with Gasteiger partial charge < -0.3 is 10.1 Å². The second kappa shape index (κ2) is 5.36. The third-order valence-corrected chi connectivity index (χ3v) is 3.84. The molecule has 1 aliphatic rings. The summed E-state index contributed by atoms with van der Waals surface area (Å²) in [6, 6.07) is 0. The Morgan fingerprint density at radius 2 is 2.20 bits per heavy atom. The fraction of sp³-hybridized carbons (Fsp3) is 0.643. The van der Waals surface area contributed by atoms with Gasteiger partial charge in [-0.1, -0.05) is 0 Å². The monoisotopic (exact) mass is 275 g/mol. The normalized spacial score (nSPS) is 18.9. The van der Waals surface area contributed by atoms with E-state index in [1.165, 1.54) is 6.42 Å². The van der Waals surface area contributed by atoms with Crippen LogP contribution in [-0.4, -0.2) is 39.5 Å². The molecule has 0 aliphatic carbocycles. The number of rotatable bonds is 4. The molecule has 108 valence electrons. The average Bonchev–Trinajstić information content (AvgIpc) is 2.99. The second-order valence-electron chi connectivity index (χ2n) is 5.47. The molecule has 6 nitrogen and oxygen atoms in total. The molecule has 2 aromatic heterocycles. The molecule has 0 saturated carbocycles. The molecule has 1 fully saturated rings. The van der Waals surface area contributed by atoms with E-state index in [2.05, 4.69) is 20.4 Å². The maximum Gasteiger partial charge on any atom is 0.163 e. The summed E-state index contributed by atoms with van der Waals surface area (Å²) in [5, 5.41) is 8.91. The van der Waals surface area contributed by atoms with Gasteiger partial charge in [-0.3, -0.25) is 4.68 Å². The quantitative estimate of drug-likeness (QED) is 0.922. The van der Waals surface area contributed by atoms with Gasteiger partial charge in [-0.15, -0.1) is 0 Å². The van der Waals surface area contributed by atoms with Crippen LogP contribution in [0.15, 0.2) is 0 Å². The van der Waals surface area contributed by atoms with Crippen molar-refractivity contribution in [3.8, 4) is 0 Å². The zero-order chi connectivity index (χ0) is 14.1. The first kappa shape index (κ1) is 13.3. The lowest BCUT2D eigenvalue weighted by atomic mass is 10.1. The number of fused-ring (bicyclic) bond motifs is 1. The first-order valence-corrected chi connectivity index (χ1v) is 7.14. The van der Waals surface area contributed by atoms with Crippen molar-refractivity contribution in [3.63, 3.8) is 0 Å². The van der Waals surface area contributed by atoms with E-state index in [0.29, 0.717) is 5.92 Å². The fourth-order valence-electron chi connectivity index (χ4n) is 2.78. The number of aromatic nitrogens is 4. The van der Waals surface area contributed by atoms with Gasteiger partial charge in [0.1, 0.15) is 11.6 Å². The number of ether oxygens (including phenoxy) is 1. The van der Waals surface area contributed by atoms with Gasteiger partial charge in [0.2, 0.25) is 0 Å². The summed E-state index contributed by atoms with van der Waals surface area (Å²) < 4.78 is 7.22. The average molecular weight is 275 g/mol. The molecule has 0 unspecified atom stereocenters. The predicted octanol–water partition coefficient (Wildman–Crippen LogP) is 1.82. The maximum atomic E-state index is 5.40. The van der Waals surface area contributed by atoms with Crippen LogP contribution in [0.5, 0.6) is 0 Å². The molecule has 0 spiro atoms. The predicted molar refractivity (Wildman–Crippen MR) is 77.8 cm³/mol. The summed E-state index contributed by atoms with van der Waals surface area (Å²) in [5.74, 6) is 2.35. The highest BCUT2D eigenvalue weighted by Gasteiger charge is 2.16. The van der Waals surface area contributed by atoms with Gasteiger partial charge in [0.25, 0.3) is 0 Å². The molecule has 3 heterocycles. The van der Waals surface area contributed by atoms with Crippen LogP contribution in [0.25, 0.3) is 11.0 Å². The Morgan fingerprint density at radius 1 is 1.35 bits per heavy atom. The number of nitrogens with one attached hydrogen (secondary N) is 1. The summed E-state index contributed by atoms with van der Waals surface area (Å²) in [5.41, 5.74) is 1.86. The van der Waals surface area contributed by atoms with E-state index in [0.717, 1.165) is 54.5 Å². The summed E-state index contributed by atoms with van der Waals surface area (Å²) >= 11 is 0. The molecule has 6 heteroatoms. The molecule has 1 N–H and O–H groups in total. The third kappa shape index (κ3) is 2.47. The third-order valence-electron chi connectivity index (χ3n) is 3.84. The van der Waals surface area contributed by atoms with Crippen LogP contribution in [0, 0.1) is 19.8 Å². The Hall–Kier alpha value is -1.69. The van der Waals surface area contributed by atoms with E-state index < -0.39 is 0 Å². The van der Waals surface area contributed by atoms with Gasteiger partial charge in [0.05, 0.1) is 11.1 Å². The Bertz CT molecular complexity index is 616. The lowest BCUT2D eigenvalue weighted by molar-refractivity contribution is 0.185. The van der Waals surface area contributed by atoms with Crippen LogP contribution in [0.4, 0.5) is 5.82 Å². The Morgan fingerprint density at radius 3 is 2.95 bits per heavy atom. The van der Waals surface area contributed by atoms with E-state index in [4.69, 9.17) is 4.74 Å². The zero-order valence-corrected chi connectivity index (χ0v) is 12.3. The van der Waals surface area contributed by atoms with Crippen LogP contribution in [0.1, 0.15) is 24.4 Å². The van der Waals surface area contributed by atoms with Crippen LogP contribution >= 0.6 is 0 Å². The standard InChI is InChI=1S/C14H21N5O/c1-9-12-13(15-6-4-11-5-7-20-8-11)16-10(2)17-14(12)19(3)18-9/h11H,4-8H2,1-3H3,(H,15,16,17)/t11-/m1/s1. The number of hydrogen-bond acceptors (Lipinski definition) is 5. The summed E-state index contributed by atoms with van der Waals surface area (Å²) in [4.78, 5) is 9.00. The van der Waals surface area contributed by atoms with Gasteiger partial charge in [0, 0.05) is 26.8 Å². The molecular weight excluding hydrogens is 254 g/mol. The topological polar surface area (TPSA) is 64.9 Å². The van der Waals surface area contributed by atoms with Crippen LogP contribution in [-0.2, 0) is 11.8 Å². The van der Waals surface area contributed by atoms with Crippen molar-refractivity contribution in [2.75, 3.05) is 25.1 Å². The highest BCUT2D eigenvalue weighted by molar-refractivity contribution is 5.89. The minimum Gasteiger partial charge on any atom is -0.381 e. The molecule has 0 radical (unpaired) electrons. The number of hydrogen-bond donors (Lipinski definition) is 1. The molecule has 3 rings (SSSR count). The van der Waals surface area contributed by atoms with Crippen molar-refractivity contribution >= 4 is 16.9 Å². The number of anilines is 1. The smallest absolute Gasteiger partial charge is 0.163 e. The lowest BCUT2D eigenvalue weighted by Crippen LogP contribution is -2.11. The first-order chi connectivity index (χ1) is 9.65. The number of nitrogens with zero attached hydrogens (tertiary/aromatic N) is 4. The Balaban J connectivity index is 1.79. The minimum absolute atomic E-state index is 0.677. The molecule has 20 heavy (non-hydrogen) atoms. The van der Waals surface area contributed by atoms with Crippen molar-refractivity contribution in [2.45, 2.75) is 26.7 Å². The summed E-state index contributed by atoms with van der Waals surface area (Å²) in [7, 11) is 1.92. The van der Waals surface area contributed by atoms with Crippen molar-refractivity contribution < 1.29 is 4.74 Å². The number of aryl methyl sites for hydroxylation is 3. The van der Waals surface area contributed by atoms with Gasteiger partial charge >= 0.3 is 0 Å². The summed E-state index contributed by atoms with van der Waals surface area (Å²) in [6.07, 6.45) is 2.29. The maximum absolute atomic E-state index is 5.40. The van der Waals surface area contributed by atoms with Crippen LogP contribution < -0.4 is 5.32 Å². The molecule has 0 aromatic carbocycles. The Labute approximate surface area is 118 Å². The minimum atomic E-state index is 0.677. The highest BCUT2D eigenvalue weighted by Crippen LogP contribution is 2.24. The molecular formula is C14H21N5O. The first-order valence-electron chi connectivity index (χ1n) is 7.14. The largest absolute Gasteiger partial charge is 0.381 e. The van der Waals surface area contributed by atoms with E-state index in [1.807, 2.05) is 25.6 Å². The van der Waals surface area contributed by atoms with Crippen LogP contribution in [0.2, 0.25) is 0 Å². The van der Waals surface area contributed by atoms with Crippen molar-refractivity contribution in [3.05, 3.63) is 11.5 Å². The molecule has 2 aromatic rings. The highest BCUT2D eigenvalue weighted by atomic mass is 16.5. The summed E-state index contributed by atoms with van der Waals surface area (Å²) in [6.45, 7) is 6.62. The van der Waals surface area contributed by atoms with Crippen LogP contribution in [0.3, 0.4) is 0 Å². The molecule has 0 amide bonds. The molecule has 0 bridgehead atoms. The Kier molecular flexibility index (Phi) is 3.56. The van der Waals surface area contributed by atoms with Gasteiger partial charge in [0.15, 0.2) is 5.65 Å². The zero-order valence-electron chi connectivity index (χ0n) is 12.3. The van der Waals surface area contributed by atoms with E-state index in [1.54, 1.807) is 0 Å². The van der Waals surface area contributed by atoms with Gasteiger partial charge in [-0.05, 0) is 32.6 Å². The van der Waals surface area contributed by atoms with E-state index >= 15 is 0 Å². The lowest BCUT2D eigenvalue weighted by Gasteiger charge is -2.10. The van der Waals surface area contributed by atoms with E-state index in [-0.39, 0.29) is 0 Å². The second-order valence-corrected chi connectivity index (χ2v) is 5.47. The van der Waals surface area contributed by atoms with Crippen molar-refractivity contribution in [2.24, 2.45) is 13.0 Å². The molecule has 1 saturated heterocycles. The SMILES string of the molecule is Cc1nc(NCC[C@@H]2CCOC2)c2c(C)nn(C)c2n1. The van der Waals surface area contributed by atoms with Gasteiger partial charge in [-0.25, -0.2) is 9.97 Å². The molecule has 1 aliphatic heterocycles. The molecule has 1 atom stereocenters.